The maximum Gasteiger partial charge on any atom is 0.0592 e. The molecule has 3 heteroatoms. The van der Waals surface area contributed by atoms with Crippen molar-refractivity contribution >= 4 is 21.6 Å². The molecule has 0 saturated carbocycles. The van der Waals surface area contributed by atoms with E-state index in [1.165, 1.54) is 18.5 Å². The summed E-state index contributed by atoms with van der Waals surface area (Å²) in [7, 11) is 0. The number of anilines is 1. The lowest BCUT2D eigenvalue weighted by Gasteiger charge is -2.38. The highest BCUT2D eigenvalue weighted by Crippen LogP contribution is 2.34. The summed E-state index contributed by atoms with van der Waals surface area (Å²) in [5.41, 5.74) is 1.79. The highest BCUT2D eigenvalue weighted by atomic mass is 79.9. The standard InChI is InChI=1S/C12H17BrN2/c1-12(2)4-7-15(8-5-12)11-3-6-14-9-10(11)13/h3,6,9H,4-5,7-8H2,1-2H3. The van der Waals surface area contributed by atoms with Gasteiger partial charge in [0.15, 0.2) is 0 Å². The third kappa shape index (κ3) is 2.51. The molecule has 15 heavy (non-hydrogen) atoms. The Morgan fingerprint density at radius 2 is 2.00 bits per heavy atom. The monoisotopic (exact) mass is 268 g/mol. The molecule has 0 N–H and O–H groups in total. The minimum Gasteiger partial charge on any atom is -0.370 e. The van der Waals surface area contributed by atoms with Crippen LogP contribution in [0.1, 0.15) is 26.7 Å². The Labute approximate surface area is 99.8 Å². The molecule has 0 aliphatic carbocycles. The molecule has 0 radical (unpaired) electrons. The molecule has 1 aromatic rings. The van der Waals surface area contributed by atoms with E-state index in [0.29, 0.717) is 5.41 Å². The van der Waals surface area contributed by atoms with Crippen LogP contribution in [0.2, 0.25) is 0 Å². The fourth-order valence-corrected chi connectivity index (χ4v) is 2.48. The van der Waals surface area contributed by atoms with Gasteiger partial charge >= 0.3 is 0 Å². The summed E-state index contributed by atoms with van der Waals surface area (Å²) in [6.07, 6.45) is 6.26. The number of halogens is 1. The van der Waals surface area contributed by atoms with E-state index >= 15 is 0 Å². The first-order valence-electron chi connectivity index (χ1n) is 5.43. The largest absolute Gasteiger partial charge is 0.370 e. The zero-order chi connectivity index (χ0) is 10.9. The maximum atomic E-state index is 4.09. The third-order valence-corrected chi connectivity index (χ3v) is 3.82. The Morgan fingerprint density at radius 3 is 2.60 bits per heavy atom. The summed E-state index contributed by atoms with van der Waals surface area (Å²) in [4.78, 5) is 6.54. The van der Waals surface area contributed by atoms with Crippen LogP contribution >= 0.6 is 15.9 Å². The molecule has 2 nitrogen and oxygen atoms in total. The van der Waals surface area contributed by atoms with Crippen LogP contribution in [0.4, 0.5) is 5.69 Å². The second kappa shape index (κ2) is 4.12. The van der Waals surface area contributed by atoms with Crippen LogP contribution in [0, 0.1) is 5.41 Å². The average Bonchev–Trinajstić information content (AvgIpc) is 2.19. The van der Waals surface area contributed by atoms with Gasteiger partial charge in [0, 0.05) is 25.5 Å². The highest BCUT2D eigenvalue weighted by molar-refractivity contribution is 9.10. The second-order valence-electron chi connectivity index (χ2n) is 4.98. The molecule has 0 spiro atoms. The van der Waals surface area contributed by atoms with Gasteiger partial charge in [-0.25, -0.2) is 0 Å². The van der Waals surface area contributed by atoms with Crippen molar-refractivity contribution in [3.63, 3.8) is 0 Å². The summed E-state index contributed by atoms with van der Waals surface area (Å²) in [5, 5.41) is 0. The summed E-state index contributed by atoms with van der Waals surface area (Å²) in [5.74, 6) is 0. The zero-order valence-electron chi connectivity index (χ0n) is 9.33. The molecule has 0 atom stereocenters. The molecular weight excluding hydrogens is 252 g/mol. The number of pyridine rings is 1. The number of aromatic nitrogens is 1. The number of hydrogen-bond donors (Lipinski definition) is 0. The van der Waals surface area contributed by atoms with Crippen LogP contribution in [0.5, 0.6) is 0 Å². The summed E-state index contributed by atoms with van der Waals surface area (Å²) < 4.78 is 1.10. The Morgan fingerprint density at radius 1 is 1.33 bits per heavy atom. The maximum absolute atomic E-state index is 4.09. The molecule has 0 bridgehead atoms. The highest BCUT2D eigenvalue weighted by Gasteiger charge is 2.25. The van der Waals surface area contributed by atoms with E-state index in [0.717, 1.165) is 17.6 Å². The van der Waals surface area contributed by atoms with Crippen LogP contribution in [0.15, 0.2) is 22.9 Å². The minimum absolute atomic E-state index is 0.510. The quantitative estimate of drug-likeness (QED) is 0.776. The molecule has 0 amide bonds. The van der Waals surface area contributed by atoms with Gasteiger partial charge in [-0.05, 0) is 40.3 Å². The number of hydrogen-bond acceptors (Lipinski definition) is 2. The van der Waals surface area contributed by atoms with E-state index in [1.807, 2.05) is 12.4 Å². The van der Waals surface area contributed by atoms with E-state index < -0.39 is 0 Å². The first kappa shape index (κ1) is 10.9. The van der Waals surface area contributed by atoms with Gasteiger partial charge in [-0.15, -0.1) is 0 Å². The van der Waals surface area contributed by atoms with Crippen molar-refractivity contribution in [2.24, 2.45) is 5.41 Å². The van der Waals surface area contributed by atoms with E-state index in [2.05, 4.69) is 45.7 Å². The first-order chi connectivity index (χ1) is 7.08. The van der Waals surface area contributed by atoms with Crippen LogP contribution < -0.4 is 4.90 Å². The van der Waals surface area contributed by atoms with Crippen LogP contribution in [0.3, 0.4) is 0 Å². The van der Waals surface area contributed by atoms with Crippen molar-refractivity contribution in [2.45, 2.75) is 26.7 Å². The fraction of sp³-hybridized carbons (Fsp3) is 0.583. The van der Waals surface area contributed by atoms with Gasteiger partial charge in [0.05, 0.1) is 10.2 Å². The Balaban J connectivity index is 2.11. The van der Waals surface area contributed by atoms with Gasteiger partial charge in [0.1, 0.15) is 0 Å². The predicted molar refractivity (Wildman–Crippen MR) is 67.2 cm³/mol. The van der Waals surface area contributed by atoms with Crippen molar-refractivity contribution in [1.82, 2.24) is 4.98 Å². The van der Waals surface area contributed by atoms with E-state index in [9.17, 15) is 0 Å². The van der Waals surface area contributed by atoms with Gasteiger partial charge in [-0.1, -0.05) is 13.8 Å². The Bertz CT molecular complexity index is 339. The molecule has 0 aromatic carbocycles. The zero-order valence-corrected chi connectivity index (χ0v) is 10.9. The molecule has 0 unspecified atom stereocenters. The minimum atomic E-state index is 0.510. The van der Waals surface area contributed by atoms with Crippen molar-refractivity contribution in [1.29, 1.82) is 0 Å². The molecule has 1 saturated heterocycles. The summed E-state index contributed by atoms with van der Waals surface area (Å²) >= 11 is 3.56. The molecule has 82 valence electrons. The SMILES string of the molecule is CC1(C)CCN(c2ccncc2Br)CC1. The lowest BCUT2D eigenvalue weighted by atomic mass is 9.82. The van der Waals surface area contributed by atoms with Gasteiger partial charge in [0.25, 0.3) is 0 Å². The molecule has 2 heterocycles. The van der Waals surface area contributed by atoms with E-state index in [4.69, 9.17) is 0 Å². The van der Waals surface area contributed by atoms with Crippen LogP contribution in [0.25, 0.3) is 0 Å². The Hall–Kier alpha value is -0.570. The molecule has 2 rings (SSSR count). The van der Waals surface area contributed by atoms with Crippen LogP contribution in [-0.4, -0.2) is 18.1 Å². The first-order valence-corrected chi connectivity index (χ1v) is 6.22. The lowest BCUT2D eigenvalue weighted by Crippen LogP contribution is -2.37. The average molecular weight is 269 g/mol. The summed E-state index contributed by atoms with van der Waals surface area (Å²) in [6.45, 7) is 7.00. The lowest BCUT2D eigenvalue weighted by molar-refractivity contribution is 0.279. The van der Waals surface area contributed by atoms with Gasteiger partial charge < -0.3 is 4.90 Å². The third-order valence-electron chi connectivity index (χ3n) is 3.21. The molecule has 1 aliphatic rings. The van der Waals surface area contributed by atoms with Crippen molar-refractivity contribution in [2.75, 3.05) is 18.0 Å². The fourth-order valence-electron chi connectivity index (χ4n) is 1.98. The van der Waals surface area contributed by atoms with Gasteiger partial charge in [-0.2, -0.15) is 0 Å². The van der Waals surface area contributed by atoms with Gasteiger partial charge in [-0.3, -0.25) is 4.98 Å². The van der Waals surface area contributed by atoms with Gasteiger partial charge in [0.2, 0.25) is 0 Å². The molecular formula is C12H17BrN2. The van der Waals surface area contributed by atoms with E-state index in [1.54, 1.807) is 0 Å². The normalized spacial score (nSPS) is 20.3. The number of piperidine rings is 1. The molecule has 1 aromatic heterocycles. The van der Waals surface area contributed by atoms with E-state index in [-0.39, 0.29) is 0 Å². The predicted octanol–water partition coefficient (Wildman–Crippen LogP) is 3.47. The van der Waals surface area contributed by atoms with Crippen molar-refractivity contribution in [3.8, 4) is 0 Å². The topological polar surface area (TPSA) is 16.1 Å². The molecule has 1 aliphatic heterocycles. The number of rotatable bonds is 1. The van der Waals surface area contributed by atoms with Crippen molar-refractivity contribution in [3.05, 3.63) is 22.9 Å². The second-order valence-corrected chi connectivity index (χ2v) is 5.83. The Kier molecular flexibility index (Phi) is 3.01. The van der Waals surface area contributed by atoms with Crippen LogP contribution in [-0.2, 0) is 0 Å². The smallest absolute Gasteiger partial charge is 0.0592 e. The molecule has 1 fully saturated rings. The van der Waals surface area contributed by atoms with Crippen molar-refractivity contribution < 1.29 is 0 Å². The summed E-state index contributed by atoms with van der Waals surface area (Å²) in [6, 6.07) is 2.09. The number of nitrogens with zero attached hydrogens (tertiary/aromatic N) is 2.